The predicted molar refractivity (Wildman–Crippen MR) is 100 cm³/mol. The smallest absolute Gasteiger partial charge is 0.0110 e. The van der Waals surface area contributed by atoms with Crippen molar-refractivity contribution in [3.63, 3.8) is 0 Å². The Kier molecular flexibility index (Phi) is 17.5. The maximum Gasteiger partial charge on any atom is 0.0110 e. The molecule has 4 atom stereocenters. The van der Waals surface area contributed by atoms with Crippen molar-refractivity contribution in [2.24, 2.45) is 17.8 Å². The highest BCUT2D eigenvalue weighted by atomic mass is 127. The van der Waals surface area contributed by atoms with Gasteiger partial charge in [-0.15, -0.1) is 0 Å². The largest absolute Gasteiger partial charge is 0.0826 e. The minimum Gasteiger partial charge on any atom is -0.0826 e. The molecule has 1 fully saturated rings. The van der Waals surface area contributed by atoms with Crippen molar-refractivity contribution in [3.8, 4) is 0 Å². The van der Waals surface area contributed by atoms with Crippen molar-refractivity contribution in [2.45, 2.75) is 97.3 Å². The molecule has 0 amide bonds. The lowest BCUT2D eigenvalue weighted by atomic mass is 9.84. The first-order chi connectivity index (χ1) is 9.06. The molecule has 4 unspecified atom stereocenters. The summed E-state index contributed by atoms with van der Waals surface area (Å²) in [6.07, 6.45) is 10.0. The summed E-state index contributed by atoms with van der Waals surface area (Å²) in [5.41, 5.74) is 0. The van der Waals surface area contributed by atoms with E-state index < -0.39 is 0 Å². The van der Waals surface area contributed by atoms with E-state index in [-0.39, 0.29) is 0 Å². The molecule has 1 aliphatic rings. The molecule has 0 spiro atoms. The maximum atomic E-state index is 2.62. The second-order valence-electron chi connectivity index (χ2n) is 5.84. The Labute approximate surface area is 137 Å². The molecule has 0 saturated heterocycles. The van der Waals surface area contributed by atoms with Crippen LogP contribution in [0.25, 0.3) is 0 Å². The first-order valence-electron chi connectivity index (χ1n) is 8.70. The normalized spacial score (nSPS) is 24.6. The fourth-order valence-electron chi connectivity index (χ4n) is 2.87. The van der Waals surface area contributed by atoms with Crippen molar-refractivity contribution in [1.29, 1.82) is 0 Å². The number of alkyl halides is 1. The van der Waals surface area contributed by atoms with Gasteiger partial charge in [0.15, 0.2) is 0 Å². The van der Waals surface area contributed by atoms with Gasteiger partial charge in [0.2, 0.25) is 0 Å². The topological polar surface area (TPSA) is 0 Å². The van der Waals surface area contributed by atoms with Gasteiger partial charge >= 0.3 is 0 Å². The van der Waals surface area contributed by atoms with E-state index in [1.165, 1.54) is 44.9 Å². The summed E-state index contributed by atoms with van der Waals surface area (Å²) in [6, 6.07) is 0. The third-order valence-electron chi connectivity index (χ3n) is 3.95. The Morgan fingerprint density at radius 1 is 1.11 bits per heavy atom. The number of hydrogen-bond donors (Lipinski definition) is 0. The lowest BCUT2D eigenvalue weighted by molar-refractivity contribution is 0.306. The molecule has 1 rings (SSSR count). The van der Waals surface area contributed by atoms with E-state index in [4.69, 9.17) is 0 Å². The molecule has 19 heavy (non-hydrogen) atoms. The van der Waals surface area contributed by atoms with E-state index in [1.54, 1.807) is 0 Å². The second kappa shape index (κ2) is 15.1. The van der Waals surface area contributed by atoms with Crippen LogP contribution in [0.4, 0.5) is 0 Å². The van der Waals surface area contributed by atoms with Crippen molar-refractivity contribution in [2.75, 3.05) is 0 Å². The molecule has 1 aliphatic carbocycles. The third-order valence-corrected chi connectivity index (χ3v) is 4.97. The van der Waals surface area contributed by atoms with Gasteiger partial charge in [-0.05, 0) is 30.6 Å². The van der Waals surface area contributed by atoms with Crippen molar-refractivity contribution < 1.29 is 0 Å². The second-order valence-corrected chi connectivity index (χ2v) is 7.80. The van der Waals surface area contributed by atoms with Crippen LogP contribution in [0.2, 0.25) is 0 Å². The predicted octanol–water partition coefficient (Wildman–Crippen LogP) is 7.50. The summed E-state index contributed by atoms with van der Waals surface area (Å²) in [6.45, 7) is 15.4. The van der Waals surface area contributed by atoms with Crippen LogP contribution < -0.4 is 0 Å². The van der Waals surface area contributed by atoms with Crippen molar-refractivity contribution >= 4 is 22.6 Å². The molecule has 0 bridgehead atoms. The lowest BCUT2D eigenvalue weighted by Gasteiger charge is -2.25. The quantitative estimate of drug-likeness (QED) is 0.341. The number of hydrogen-bond acceptors (Lipinski definition) is 0. The Morgan fingerprint density at radius 2 is 1.63 bits per heavy atom. The Hall–Kier alpha value is 0.730. The molecule has 0 radical (unpaired) electrons. The van der Waals surface area contributed by atoms with Gasteiger partial charge in [-0.25, -0.2) is 0 Å². The summed E-state index contributed by atoms with van der Waals surface area (Å²) in [4.78, 5) is 0. The van der Waals surface area contributed by atoms with Gasteiger partial charge < -0.3 is 0 Å². The van der Waals surface area contributed by atoms with E-state index in [2.05, 4.69) is 57.2 Å². The molecule has 0 aromatic carbocycles. The zero-order valence-electron chi connectivity index (χ0n) is 14.6. The molecule has 0 aliphatic heterocycles. The van der Waals surface area contributed by atoms with E-state index in [0.29, 0.717) is 0 Å². The van der Waals surface area contributed by atoms with Gasteiger partial charge in [0, 0.05) is 3.92 Å². The maximum absolute atomic E-state index is 2.62. The third kappa shape index (κ3) is 11.1. The summed E-state index contributed by atoms with van der Waals surface area (Å²) in [7, 11) is 0. The van der Waals surface area contributed by atoms with Crippen LogP contribution in [-0.4, -0.2) is 3.92 Å². The first-order valence-corrected chi connectivity index (χ1v) is 9.95. The van der Waals surface area contributed by atoms with Crippen LogP contribution in [0.5, 0.6) is 0 Å². The first kappa shape index (κ1) is 22.0. The minimum atomic E-state index is 0.861. The van der Waals surface area contributed by atoms with E-state index in [0.717, 1.165) is 21.7 Å². The highest BCUT2D eigenvalue weighted by Gasteiger charge is 2.27. The molecule has 0 N–H and O–H groups in total. The van der Waals surface area contributed by atoms with Crippen molar-refractivity contribution in [1.82, 2.24) is 0 Å². The standard InChI is InChI=1S/C13H25I.C3H8.C2H6/c1-4-6-13(11(3)14)9-12-8-5-7-10(12)2;1-3-2;1-2/h10-13H,4-9H2,1-3H3;3H2,1-2H3;1-2H3. The molecular formula is C18H39I. The van der Waals surface area contributed by atoms with E-state index >= 15 is 0 Å². The summed E-state index contributed by atoms with van der Waals surface area (Å²) in [5.74, 6) is 3.03. The van der Waals surface area contributed by atoms with E-state index in [1.807, 2.05) is 13.8 Å². The molecule has 0 aromatic heterocycles. The highest BCUT2D eigenvalue weighted by Crippen LogP contribution is 2.38. The molecular weight excluding hydrogens is 343 g/mol. The average Bonchev–Trinajstić information content (AvgIpc) is 2.78. The fraction of sp³-hybridized carbons (Fsp3) is 1.00. The van der Waals surface area contributed by atoms with Gasteiger partial charge in [-0.2, -0.15) is 0 Å². The van der Waals surface area contributed by atoms with Crippen molar-refractivity contribution in [3.05, 3.63) is 0 Å². The molecule has 118 valence electrons. The van der Waals surface area contributed by atoms with Crippen LogP contribution in [0.3, 0.4) is 0 Å². The van der Waals surface area contributed by atoms with Crippen LogP contribution >= 0.6 is 22.6 Å². The highest BCUT2D eigenvalue weighted by molar-refractivity contribution is 14.1. The molecule has 0 nitrogen and oxygen atoms in total. The molecule has 1 heteroatoms. The SMILES string of the molecule is CC.CCC.CCCC(CC1CCCC1C)C(C)I. The Morgan fingerprint density at radius 3 is 1.95 bits per heavy atom. The summed E-state index contributed by atoms with van der Waals surface area (Å²) >= 11 is 2.62. The summed E-state index contributed by atoms with van der Waals surface area (Å²) in [5, 5.41) is 0. The fourth-order valence-corrected chi connectivity index (χ4v) is 3.52. The van der Waals surface area contributed by atoms with Gasteiger partial charge in [-0.1, -0.05) is 103 Å². The molecule has 0 aromatic rings. The Balaban J connectivity index is 0. The van der Waals surface area contributed by atoms with Gasteiger partial charge in [-0.3, -0.25) is 0 Å². The van der Waals surface area contributed by atoms with Crippen LogP contribution in [0, 0.1) is 17.8 Å². The number of halogens is 1. The van der Waals surface area contributed by atoms with Gasteiger partial charge in [0.25, 0.3) is 0 Å². The Bertz CT molecular complexity index is 165. The summed E-state index contributed by atoms with van der Waals surface area (Å²) < 4.78 is 0.861. The lowest BCUT2D eigenvalue weighted by Crippen LogP contribution is -2.17. The minimum absolute atomic E-state index is 0.861. The van der Waals surface area contributed by atoms with Crippen LogP contribution in [0.1, 0.15) is 93.4 Å². The van der Waals surface area contributed by atoms with Gasteiger partial charge in [0.05, 0.1) is 0 Å². The number of rotatable bonds is 5. The van der Waals surface area contributed by atoms with Gasteiger partial charge in [0.1, 0.15) is 0 Å². The van der Waals surface area contributed by atoms with E-state index in [9.17, 15) is 0 Å². The van der Waals surface area contributed by atoms with Crippen LogP contribution in [-0.2, 0) is 0 Å². The average molecular weight is 382 g/mol. The monoisotopic (exact) mass is 382 g/mol. The van der Waals surface area contributed by atoms with Crippen LogP contribution in [0.15, 0.2) is 0 Å². The molecule has 1 saturated carbocycles. The zero-order chi connectivity index (χ0) is 15.3. The molecule has 0 heterocycles. The zero-order valence-corrected chi connectivity index (χ0v) is 16.8.